The molecule has 232 valence electrons. The molecule has 1 aliphatic carbocycles. The lowest BCUT2D eigenvalue weighted by Gasteiger charge is -2.34. The zero-order valence-corrected chi connectivity index (χ0v) is 26.2. The Labute approximate surface area is 266 Å². The second-order valence-electron chi connectivity index (χ2n) is 11.9. The number of guanidine groups is 1. The Morgan fingerprint density at radius 3 is 2.53 bits per heavy atom. The van der Waals surface area contributed by atoms with Crippen LogP contribution in [-0.4, -0.2) is 43.4 Å². The van der Waals surface area contributed by atoms with Gasteiger partial charge in [0.2, 0.25) is 5.91 Å². The van der Waals surface area contributed by atoms with Crippen LogP contribution in [0.4, 0.5) is 10.5 Å². The number of carbonyl (C=O) groups is 2. The highest BCUT2D eigenvalue weighted by Gasteiger charge is 2.33. The summed E-state index contributed by atoms with van der Waals surface area (Å²) in [5.74, 6) is -0.0812. The number of carbonyl (C=O) groups excluding carboxylic acids is 2. The smallest absolute Gasteiger partial charge is 0.321 e. The van der Waals surface area contributed by atoms with Gasteiger partial charge in [-0.2, -0.15) is 0 Å². The number of amides is 3. The van der Waals surface area contributed by atoms with Crippen molar-refractivity contribution in [2.24, 2.45) is 16.6 Å². The van der Waals surface area contributed by atoms with E-state index in [0.717, 1.165) is 28.9 Å². The highest BCUT2D eigenvalue weighted by Crippen LogP contribution is 2.36. The normalized spacial score (nSPS) is 18.4. The van der Waals surface area contributed by atoms with Crippen molar-refractivity contribution < 1.29 is 9.59 Å². The third-order valence-corrected chi connectivity index (χ3v) is 8.22. The topological polar surface area (TPSA) is 103 Å². The number of anilines is 1. The molecule has 3 amide bonds. The van der Waals surface area contributed by atoms with Gasteiger partial charge >= 0.3 is 6.03 Å². The molecule has 1 heterocycles. The lowest BCUT2D eigenvalue weighted by molar-refractivity contribution is -0.120. The van der Waals surface area contributed by atoms with Crippen LogP contribution in [0.2, 0.25) is 0 Å². The average molecular weight is 603 g/mol. The van der Waals surface area contributed by atoms with Gasteiger partial charge < -0.3 is 20.9 Å². The number of urea groups is 1. The molecule has 0 saturated carbocycles. The van der Waals surface area contributed by atoms with Gasteiger partial charge in [-0.05, 0) is 67.4 Å². The molecule has 8 heteroatoms. The van der Waals surface area contributed by atoms with Gasteiger partial charge in [0.25, 0.3) is 0 Å². The summed E-state index contributed by atoms with van der Waals surface area (Å²) in [5, 5.41) is 5.45. The Bertz CT molecular complexity index is 1640. The maximum absolute atomic E-state index is 14.2. The molecule has 0 spiro atoms. The first-order valence-electron chi connectivity index (χ1n) is 15.3. The van der Waals surface area contributed by atoms with Gasteiger partial charge in [-0.25, -0.2) is 9.79 Å². The van der Waals surface area contributed by atoms with Crippen LogP contribution in [0.25, 0.3) is 0 Å². The van der Waals surface area contributed by atoms with E-state index in [4.69, 9.17) is 5.73 Å². The van der Waals surface area contributed by atoms with Crippen molar-refractivity contribution in [3.05, 3.63) is 137 Å². The summed E-state index contributed by atoms with van der Waals surface area (Å²) in [5.41, 5.74) is 13.5. The molecule has 45 heavy (non-hydrogen) atoms. The molecule has 2 bridgehead atoms. The van der Waals surface area contributed by atoms with E-state index in [2.05, 4.69) is 63.9 Å². The average Bonchev–Trinajstić information content (AvgIpc) is 3.22. The number of rotatable bonds is 8. The SMILES string of the molecule is CC1=C2C=CC=CC1CN(c1cccc(CN=C(N)NC(=O)NCc3cccc(CN(C)C)c3)c1)C(=O)C(c1ccccc1)C2. The lowest BCUT2D eigenvalue weighted by Crippen LogP contribution is -2.43. The lowest BCUT2D eigenvalue weighted by atomic mass is 9.83. The Kier molecular flexibility index (Phi) is 10.3. The molecule has 3 aromatic carbocycles. The first-order chi connectivity index (χ1) is 21.8. The summed E-state index contributed by atoms with van der Waals surface area (Å²) >= 11 is 0. The fourth-order valence-electron chi connectivity index (χ4n) is 5.86. The standard InChI is InChI=1S/C37H42N6O2/c1-26-31-16-7-8-17-32(26)25-43(35(44)34(21-31)30-14-5-4-6-15-30)33-18-10-12-28(20-33)22-39-36(38)41-37(45)40-23-27-11-9-13-29(19-27)24-42(2)3/h4-20,32,34H,21-25H2,1-3H3,(H4,38,39,40,41,45). The van der Waals surface area contributed by atoms with Crippen LogP contribution >= 0.6 is 0 Å². The van der Waals surface area contributed by atoms with Gasteiger partial charge in [-0.3, -0.25) is 10.1 Å². The molecule has 0 radical (unpaired) electrons. The van der Waals surface area contributed by atoms with Gasteiger partial charge in [0, 0.05) is 31.2 Å². The molecule has 5 rings (SSSR count). The molecule has 0 aromatic heterocycles. The Hall–Kier alpha value is -4.95. The minimum absolute atomic E-state index is 0.0233. The van der Waals surface area contributed by atoms with Crippen molar-refractivity contribution >= 4 is 23.6 Å². The van der Waals surface area contributed by atoms with E-state index in [1.54, 1.807) is 0 Å². The monoisotopic (exact) mass is 602 g/mol. The number of nitrogens with zero attached hydrogens (tertiary/aromatic N) is 3. The van der Waals surface area contributed by atoms with Crippen LogP contribution < -0.4 is 21.3 Å². The molecule has 4 N–H and O–H groups in total. The fourth-order valence-corrected chi connectivity index (χ4v) is 5.86. The summed E-state index contributed by atoms with van der Waals surface area (Å²) in [6.45, 7) is 4.18. The van der Waals surface area contributed by atoms with Crippen molar-refractivity contribution in [1.82, 2.24) is 15.5 Å². The number of hydrogen-bond donors (Lipinski definition) is 3. The van der Waals surface area contributed by atoms with Crippen molar-refractivity contribution in [2.75, 3.05) is 25.5 Å². The number of fused-ring (bicyclic) bond motifs is 1. The quantitative estimate of drug-likeness (QED) is 0.229. The predicted molar refractivity (Wildman–Crippen MR) is 182 cm³/mol. The zero-order chi connectivity index (χ0) is 31.8. The molecular formula is C37H42N6O2. The number of hydrogen-bond acceptors (Lipinski definition) is 4. The van der Waals surface area contributed by atoms with E-state index < -0.39 is 6.03 Å². The van der Waals surface area contributed by atoms with E-state index in [-0.39, 0.29) is 30.2 Å². The van der Waals surface area contributed by atoms with Crippen LogP contribution in [0.3, 0.4) is 0 Å². The molecule has 2 aliphatic rings. The number of aliphatic imine (C=N–C) groups is 1. The first kappa shape index (κ1) is 31.5. The van der Waals surface area contributed by atoms with Crippen molar-refractivity contribution in [2.45, 2.75) is 38.9 Å². The van der Waals surface area contributed by atoms with Crippen molar-refractivity contribution in [3.63, 3.8) is 0 Å². The highest BCUT2D eigenvalue weighted by atomic mass is 16.2. The third-order valence-electron chi connectivity index (χ3n) is 8.22. The van der Waals surface area contributed by atoms with Crippen LogP contribution in [0.5, 0.6) is 0 Å². The van der Waals surface area contributed by atoms with E-state index in [1.165, 1.54) is 16.7 Å². The minimum Gasteiger partial charge on any atom is -0.370 e. The molecular weight excluding hydrogens is 560 g/mol. The first-order valence-corrected chi connectivity index (χ1v) is 15.3. The van der Waals surface area contributed by atoms with Gasteiger partial charge in [-0.15, -0.1) is 0 Å². The summed E-state index contributed by atoms with van der Waals surface area (Å²) in [4.78, 5) is 35.1. The number of nitrogens with one attached hydrogen (secondary N) is 2. The summed E-state index contributed by atoms with van der Waals surface area (Å²) in [7, 11) is 4.04. The van der Waals surface area contributed by atoms with E-state index in [9.17, 15) is 9.59 Å². The van der Waals surface area contributed by atoms with E-state index >= 15 is 0 Å². The maximum atomic E-state index is 14.2. The highest BCUT2D eigenvalue weighted by molar-refractivity contribution is 5.99. The second-order valence-corrected chi connectivity index (χ2v) is 11.9. The maximum Gasteiger partial charge on any atom is 0.321 e. The summed E-state index contributed by atoms with van der Waals surface area (Å²) < 4.78 is 0. The molecule has 2 atom stereocenters. The van der Waals surface area contributed by atoms with Crippen molar-refractivity contribution in [1.29, 1.82) is 0 Å². The van der Waals surface area contributed by atoms with Crippen LogP contribution in [-0.2, 0) is 24.4 Å². The largest absolute Gasteiger partial charge is 0.370 e. The van der Waals surface area contributed by atoms with Gasteiger partial charge in [0.15, 0.2) is 5.96 Å². The number of benzene rings is 3. The Balaban J connectivity index is 1.27. The zero-order valence-electron chi connectivity index (χ0n) is 26.2. The van der Waals surface area contributed by atoms with Gasteiger partial charge in [-0.1, -0.05) is 96.6 Å². The molecule has 1 aliphatic heterocycles. The van der Waals surface area contributed by atoms with E-state index in [1.807, 2.05) is 85.7 Å². The van der Waals surface area contributed by atoms with Crippen LogP contribution in [0.1, 0.15) is 41.5 Å². The summed E-state index contributed by atoms with van der Waals surface area (Å²) in [6.07, 6.45) is 9.11. The Morgan fingerprint density at radius 2 is 1.73 bits per heavy atom. The molecule has 0 fully saturated rings. The Morgan fingerprint density at radius 1 is 0.978 bits per heavy atom. The number of allylic oxidation sites excluding steroid dienone is 4. The summed E-state index contributed by atoms with van der Waals surface area (Å²) in [6, 6.07) is 25.5. The minimum atomic E-state index is -0.421. The predicted octanol–water partition coefficient (Wildman–Crippen LogP) is 5.64. The third kappa shape index (κ3) is 8.37. The van der Waals surface area contributed by atoms with E-state index in [0.29, 0.717) is 19.5 Å². The van der Waals surface area contributed by atoms with Gasteiger partial charge in [0.05, 0.1) is 12.5 Å². The van der Waals surface area contributed by atoms with Crippen LogP contribution in [0, 0.1) is 5.92 Å². The van der Waals surface area contributed by atoms with Gasteiger partial charge in [0.1, 0.15) is 0 Å². The van der Waals surface area contributed by atoms with Crippen molar-refractivity contribution in [3.8, 4) is 0 Å². The molecule has 8 nitrogen and oxygen atoms in total. The second kappa shape index (κ2) is 14.7. The number of nitrogens with two attached hydrogens (primary N) is 1. The fraction of sp³-hybridized carbons (Fsp3) is 0.270. The molecule has 3 aromatic rings. The molecule has 2 unspecified atom stereocenters. The molecule has 0 saturated heterocycles. The van der Waals surface area contributed by atoms with Crippen LogP contribution in [0.15, 0.2) is 119 Å².